The van der Waals surface area contributed by atoms with E-state index < -0.39 is 5.97 Å². The summed E-state index contributed by atoms with van der Waals surface area (Å²) < 4.78 is 5.16. The molecule has 0 aromatic carbocycles. The largest absolute Gasteiger partial charge is 0.481 e. The van der Waals surface area contributed by atoms with Crippen molar-refractivity contribution in [1.29, 1.82) is 0 Å². The molecular formula is C9H16O3. The van der Waals surface area contributed by atoms with Gasteiger partial charge in [-0.1, -0.05) is 19.3 Å². The summed E-state index contributed by atoms with van der Waals surface area (Å²) in [6.45, 7) is 0. The molecule has 0 saturated heterocycles. The Labute approximate surface area is 72.7 Å². The molecule has 3 heteroatoms. The van der Waals surface area contributed by atoms with Crippen LogP contribution in [-0.2, 0) is 9.53 Å². The second-order valence-corrected chi connectivity index (χ2v) is 3.36. The molecule has 0 heterocycles. The fourth-order valence-corrected chi connectivity index (χ4v) is 1.84. The smallest absolute Gasteiger partial charge is 0.309 e. The summed E-state index contributed by atoms with van der Waals surface area (Å²) in [6, 6.07) is 0. The monoisotopic (exact) mass is 172 g/mol. The summed E-state index contributed by atoms with van der Waals surface area (Å²) in [5.74, 6) is -0.985. The van der Waals surface area contributed by atoms with Crippen LogP contribution < -0.4 is 0 Å². The van der Waals surface area contributed by atoms with Crippen molar-refractivity contribution in [3.05, 3.63) is 0 Å². The van der Waals surface area contributed by atoms with Crippen LogP contribution >= 0.6 is 0 Å². The molecule has 1 fully saturated rings. The van der Waals surface area contributed by atoms with Gasteiger partial charge in [-0.25, -0.2) is 0 Å². The standard InChI is InChI=1S/C9H16O3/c1-12-8-6-4-2-3-5-7(8)9(10)11/h7-8H,2-6H2,1H3,(H,10,11)/t7-,8-/m1/s1. The van der Waals surface area contributed by atoms with E-state index in [2.05, 4.69) is 0 Å². The topological polar surface area (TPSA) is 46.5 Å². The van der Waals surface area contributed by atoms with Crippen molar-refractivity contribution < 1.29 is 14.6 Å². The summed E-state index contributed by atoms with van der Waals surface area (Å²) in [7, 11) is 1.60. The van der Waals surface area contributed by atoms with Gasteiger partial charge in [0, 0.05) is 7.11 Å². The predicted octanol–water partition coefficient (Wildman–Crippen LogP) is 1.67. The average molecular weight is 172 g/mol. The van der Waals surface area contributed by atoms with E-state index in [1.54, 1.807) is 7.11 Å². The number of hydrogen-bond donors (Lipinski definition) is 1. The van der Waals surface area contributed by atoms with Crippen molar-refractivity contribution >= 4 is 5.97 Å². The van der Waals surface area contributed by atoms with Gasteiger partial charge in [0.1, 0.15) is 0 Å². The van der Waals surface area contributed by atoms with Crippen LogP contribution in [0.2, 0.25) is 0 Å². The Morgan fingerprint density at radius 3 is 2.58 bits per heavy atom. The molecule has 0 spiro atoms. The maximum Gasteiger partial charge on any atom is 0.309 e. The first-order valence-electron chi connectivity index (χ1n) is 4.51. The van der Waals surface area contributed by atoms with E-state index in [4.69, 9.17) is 9.84 Å². The molecular weight excluding hydrogens is 156 g/mol. The van der Waals surface area contributed by atoms with Crippen LogP contribution in [0.15, 0.2) is 0 Å². The molecule has 70 valence electrons. The van der Waals surface area contributed by atoms with E-state index >= 15 is 0 Å². The molecule has 1 saturated carbocycles. The van der Waals surface area contributed by atoms with E-state index in [-0.39, 0.29) is 12.0 Å². The lowest BCUT2D eigenvalue weighted by atomic mass is 9.97. The van der Waals surface area contributed by atoms with Gasteiger partial charge in [0.25, 0.3) is 0 Å². The highest BCUT2D eigenvalue weighted by Crippen LogP contribution is 2.25. The highest BCUT2D eigenvalue weighted by molar-refractivity contribution is 5.70. The Balaban J connectivity index is 2.57. The van der Waals surface area contributed by atoms with E-state index in [1.807, 2.05) is 0 Å². The summed E-state index contributed by atoms with van der Waals surface area (Å²) in [5.41, 5.74) is 0. The molecule has 0 aromatic rings. The van der Waals surface area contributed by atoms with Crippen molar-refractivity contribution in [2.24, 2.45) is 5.92 Å². The Hall–Kier alpha value is -0.570. The molecule has 0 aliphatic heterocycles. The zero-order chi connectivity index (χ0) is 8.97. The molecule has 1 N–H and O–H groups in total. The normalized spacial score (nSPS) is 31.1. The number of ether oxygens (including phenoxy) is 1. The van der Waals surface area contributed by atoms with Gasteiger partial charge >= 0.3 is 5.97 Å². The summed E-state index contributed by atoms with van der Waals surface area (Å²) in [4.78, 5) is 10.8. The van der Waals surface area contributed by atoms with Gasteiger partial charge in [-0.2, -0.15) is 0 Å². The van der Waals surface area contributed by atoms with Crippen molar-refractivity contribution in [3.8, 4) is 0 Å². The SMILES string of the molecule is CO[C@@H]1CCCCC[C@H]1C(=O)O. The van der Waals surface area contributed by atoms with Crippen molar-refractivity contribution in [2.75, 3.05) is 7.11 Å². The van der Waals surface area contributed by atoms with Gasteiger partial charge in [-0.15, -0.1) is 0 Å². The first-order valence-corrected chi connectivity index (χ1v) is 4.51. The second-order valence-electron chi connectivity index (χ2n) is 3.36. The average Bonchev–Trinajstić information content (AvgIpc) is 2.27. The number of rotatable bonds is 2. The number of hydrogen-bond acceptors (Lipinski definition) is 2. The Bertz CT molecular complexity index is 156. The van der Waals surface area contributed by atoms with Crippen LogP contribution in [0.5, 0.6) is 0 Å². The van der Waals surface area contributed by atoms with E-state index in [1.165, 1.54) is 0 Å². The van der Waals surface area contributed by atoms with Gasteiger partial charge in [0.2, 0.25) is 0 Å². The van der Waals surface area contributed by atoms with Gasteiger partial charge in [-0.05, 0) is 12.8 Å². The minimum atomic E-state index is -0.705. The fourth-order valence-electron chi connectivity index (χ4n) is 1.84. The maximum absolute atomic E-state index is 10.8. The third kappa shape index (κ3) is 2.21. The van der Waals surface area contributed by atoms with E-state index in [0.717, 1.165) is 32.1 Å². The zero-order valence-corrected chi connectivity index (χ0v) is 7.45. The highest BCUT2D eigenvalue weighted by atomic mass is 16.5. The van der Waals surface area contributed by atoms with Crippen LogP contribution in [0.4, 0.5) is 0 Å². The van der Waals surface area contributed by atoms with Crippen LogP contribution in [0.1, 0.15) is 32.1 Å². The van der Waals surface area contributed by atoms with E-state index in [0.29, 0.717) is 0 Å². The van der Waals surface area contributed by atoms with Crippen LogP contribution in [0.3, 0.4) is 0 Å². The quantitative estimate of drug-likeness (QED) is 0.644. The Morgan fingerprint density at radius 1 is 1.33 bits per heavy atom. The molecule has 0 bridgehead atoms. The lowest BCUT2D eigenvalue weighted by Gasteiger charge is -2.19. The molecule has 1 aliphatic carbocycles. The summed E-state index contributed by atoms with van der Waals surface area (Å²) in [6.07, 6.45) is 4.87. The summed E-state index contributed by atoms with van der Waals surface area (Å²) in [5, 5.41) is 8.88. The number of methoxy groups -OCH3 is 1. The summed E-state index contributed by atoms with van der Waals surface area (Å²) >= 11 is 0. The van der Waals surface area contributed by atoms with Gasteiger partial charge in [0.05, 0.1) is 12.0 Å². The molecule has 2 atom stereocenters. The molecule has 1 rings (SSSR count). The minimum absolute atomic E-state index is 0.0648. The molecule has 1 aliphatic rings. The Kier molecular flexibility index (Phi) is 3.53. The molecule has 12 heavy (non-hydrogen) atoms. The maximum atomic E-state index is 10.8. The van der Waals surface area contributed by atoms with Crippen LogP contribution in [0.25, 0.3) is 0 Å². The van der Waals surface area contributed by atoms with Gasteiger partial charge in [0.15, 0.2) is 0 Å². The number of carboxylic acid groups (broad SMARTS) is 1. The van der Waals surface area contributed by atoms with E-state index in [9.17, 15) is 4.79 Å². The minimum Gasteiger partial charge on any atom is -0.481 e. The van der Waals surface area contributed by atoms with Crippen LogP contribution in [0, 0.1) is 5.92 Å². The molecule has 3 nitrogen and oxygen atoms in total. The Morgan fingerprint density at radius 2 is 2.00 bits per heavy atom. The lowest BCUT2D eigenvalue weighted by molar-refractivity contribution is -0.146. The third-order valence-electron chi connectivity index (χ3n) is 2.57. The third-order valence-corrected chi connectivity index (χ3v) is 2.57. The van der Waals surface area contributed by atoms with Crippen molar-refractivity contribution in [3.63, 3.8) is 0 Å². The number of carbonyl (C=O) groups is 1. The molecule has 0 unspecified atom stereocenters. The highest BCUT2D eigenvalue weighted by Gasteiger charge is 2.28. The molecule has 0 aromatic heterocycles. The van der Waals surface area contributed by atoms with Crippen LogP contribution in [-0.4, -0.2) is 24.3 Å². The molecule has 0 amide bonds. The van der Waals surface area contributed by atoms with Crippen molar-refractivity contribution in [1.82, 2.24) is 0 Å². The predicted molar refractivity (Wildman–Crippen MR) is 45.0 cm³/mol. The number of carboxylic acids is 1. The molecule has 0 radical (unpaired) electrons. The van der Waals surface area contributed by atoms with Gasteiger partial charge < -0.3 is 9.84 Å². The second kappa shape index (κ2) is 4.45. The van der Waals surface area contributed by atoms with Crippen molar-refractivity contribution in [2.45, 2.75) is 38.2 Å². The number of aliphatic carboxylic acids is 1. The zero-order valence-electron chi connectivity index (χ0n) is 7.45. The fraction of sp³-hybridized carbons (Fsp3) is 0.889. The lowest BCUT2D eigenvalue weighted by Crippen LogP contribution is -2.28. The first-order chi connectivity index (χ1) is 5.75. The van der Waals surface area contributed by atoms with Gasteiger partial charge in [-0.3, -0.25) is 4.79 Å². The first kappa shape index (κ1) is 9.52.